The van der Waals surface area contributed by atoms with Crippen LogP contribution in [0.4, 0.5) is 0 Å². The molecule has 0 aliphatic carbocycles. The van der Waals surface area contributed by atoms with E-state index >= 15 is 0 Å². The molecule has 2 N–H and O–H groups in total. The van der Waals surface area contributed by atoms with E-state index in [1.807, 2.05) is 0 Å². The summed E-state index contributed by atoms with van der Waals surface area (Å²) in [5.74, 6) is 0.598. The van der Waals surface area contributed by atoms with Crippen molar-refractivity contribution in [2.45, 2.75) is 40.2 Å². The molecule has 1 atom stereocenters. The third-order valence-corrected chi connectivity index (χ3v) is 2.98. The molecule has 1 unspecified atom stereocenters. The van der Waals surface area contributed by atoms with Crippen molar-refractivity contribution in [3.63, 3.8) is 0 Å². The molecular weight excluding hydrogens is 214 g/mol. The maximum atomic E-state index is 11.4. The zero-order chi connectivity index (χ0) is 13.3. The van der Waals surface area contributed by atoms with Gasteiger partial charge in [0.2, 0.25) is 5.91 Å². The van der Waals surface area contributed by atoms with Crippen LogP contribution in [0, 0.1) is 5.92 Å². The second-order valence-corrected chi connectivity index (χ2v) is 5.11. The SMILES string of the molecule is CCC(C)N(C)CCNCC(=O)NCC(C)C. The molecule has 0 spiro atoms. The van der Waals surface area contributed by atoms with E-state index in [4.69, 9.17) is 0 Å². The van der Waals surface area contributed by atoms with Crippen LogP contribution in [-0.4, -0.2) is 50.1 Å². The molecule has 0 aliphatic rings. The number of carbonyl (C=O) groups is 1. The molecule has 0 saturated heterocycles. The third kappa shape index (κ3) is 9.12. The number of carbonyl (C=O) groups excluding carboxylic acids is 1. The van der Waals surface area contributed by atoms with Crippen molar-refractivity contribution in [1.82, 2.24) is 15.5 Å². The van der Waals surface area contributed by atoms with Gasteiger partial charge >= 0.3 is 0 Å². The van der Waals surface area contributed by atoms with Gasteiger partial charge in [-0.05, 0) is 26.3 Å². The van der Waals surface area contributed by atoms with Gasteiger partial charge in [-0.15, -0.1) is 0 Å². The second kappa shape index (κ2) is 9.42. The van der Waals surface area contributed by atoms with E-state index in [9.17, 15) is 4.79 Å². The van der Waals surface area contributed by atoms with Gasteiger partial charge < -0.3 is 15.5 Å². The maximum Gasteiger partial charge on any atom is 0.233 e. The molecule has 0 aromatic carbocycles. The molecule has 0 rings (SSSR count). The molecule has 102 valence electrons. The monoisotopic (exact) mass is 243 g/mol. The zero-order valence-corrected chi connectivity index (χ0v) is 12.0. The summed E-state index contributed by atoms with van der Waals surface area (Å²) < 4.78 is 0. The van der Waals surface area contributed by atoms with Gasteiger partial charge in [-0.2, -0.15) is 0 Å². The van der Waals surface area contributed by atoms with Gasteiger partial charge in [0.1, 0.15) is 0 Å². The lowest BCUT2D eigenvalue weighted by atomic mass is 10.2. The average molecular weight is 243 g/mol. The minimum Gasteiger partial charge on any atom is -0.355 e. The molecule has 17 heavy (non-hydrogen) atoms. The van der Waals surface area contributed by atoms with Crippen molar-refractivity contribution in [1.29, 1.82) is 0 Å². The van der Waals surface area contributed by atoms with E-state index < -0.39 is 0 Å². The largest absolute Gasteiger partial charge is 0.355 e. The predicted molar refractivity (Wildman–Crippen MR) is 73.1 cm³/mol. The van der Waals surface area contributed by atoms with Crippen molar-refractivity contribution in [2.24, 2.45) is 5.92 Å². The van der Waals surface area contributed by atoms with Crippen molar-refractivity contribution in [3.05, 3.63) is 0 Å². The Morgan fingerprint density at radius 2 is 1.94 bits per heavy atom. The van der Waals surface area contributed by atoms with Crippen LogP contribution in [-0.2, 0) is 4.79 Å². The molecule has 0 bridgehead atoms. The molecule has 0 saturated carbocycles. The van der Waals surface area contributed by atoms with E-state index in [1.165, 1.54) is 0 Å². The zero-order valence-electron chi connectivity index (χ0n) is 12.0. The fourth-order valence-electron chi connectivity index (χ4n) is 1.37. The number of amides is 1. The topological polar surface area (TPSA) is 44.4 Å². The lowest BCUT2D eigenvalue weighted by molar-refractivity contribution is -0.120. The van der Waals surface area contributed by atoms with Gasteiger partial charge in [0.25, 0.3) is 0 Å². The van der Waals surface area contributed by atoms with Crippen LogP contribution in [0.1, 0.15) is 34.1 Å². The molecule has 0 aliphatic heterocycles. The fraction of sp³-hybridized carbons (Fsp3) is 0.923. The Kier molecular flexibility index (Phi) is 9.09. The van der Waals surface area contributed by atoms with Crippen molar-refractivity contribution >= 4 is 5.91 Å². The summed E-state index contributed by atoms with van der Waals surface area (Å²) in [4.78, 5) is 13.7. The lowest BCUT2D eigenvalue weighted by Crippen LogP contribution is -2.40. The van der Waals surface area contributed by atoms with E-state index in [1.54, 1.807) is 0 Å². The van der Waals surface area contributed by atoms with Crippen molar-refractivity contribution in [3.8, 4) is 0 Å². The second-order valence-electron chi connectivity index (χ2n) is 5.11. The van der Waals surface area contributed by atoms with Crippen LogP contribution in [0.3, 0.4) is 0 Å². The Morgan fingerprint density at radius 3 is 2.47 bits per heavy atom. The van der Waals surface area contributed by atoms with Crippen LogP contribution in [0.5, 0.6) is 0 Å². The Hall–Kier alpha value is -0.610. The number of nitrogens with one attached hydrogen (secondary N) is 2. The Bertz CT molecular complexity index is 207. The first-order valence-electron chi connectivity index (χ1n) is 6.65. The van der Waals surface area contributed by atoms with E-state index in [0.717, 1.165) is 26.1 Å². The smallest absolute Gasteiger partial charge is 0.233 e. The normalized spacial score (nSPS) is 13.1. The van der Waals surface area contributed by atoms with Crippen molar-refractivity contribution in [2.75, 3.05) is 33.2 Å². The summed E-state index contributed by atoms with van der Waals surface area (Å²) in [6.07, 6.45) is 1.16. The van der Waals surface area contributed by atoms with E-state index in [-0.39, 0.29) is 5.91 Å². The van der Waals surface area contributed by atoms with Crippen LogP contribution in [0.2, 0.25) is 0 Å². The van der Waals surface area contributed by atoms with Gasteiger partial charge in [0.05, 0.1) is 6.54 Å². The minimum atomic E-state index is 0.0879. The van der Waals surface area contributed by atoms with Gasteiger partial charge in [-0.1, -0.05) is 20.8 Å². The number of nitrogens with zero attached hydrogens (tertiary/aromatic N) is 1. The first-order chi connectivity index (χ1) is 7.97. The summed E-state index contributed by atoms with van der Waals surface area (Å²) in [6, 6.07) is 0.603. The molecule has 0 heterocycles. The number of hydrogen-bond acceptors (Lipinski definition) is 3. The number of hydrogen-bond donors (Lipinski definition) is 2. The fourth-order valence-corrected chi connectivity index (χ4v) is 1.37. The van der Waals surface area contributed by atoms with Gasteiger partial charge in [-0.3, -0.25) is 4.79 Å². The molecule has 4 nitrogen and oxygen atoms in total. The van der Waals surface area contributed by atoms with Crippen LogP contribution in [0.15, 0.2) is 0 Å². The van der Waals surface area contributed by atoms with Crippen molar-refractivity contribution < 1.29 is 4.79 Å². The summed E-state index contributed by atoms with van der Waals surface area (Å²) in [6.45, 7) is 11.6. The Labute approximate surface area is 106 Å². The molecule has 4 heteroatoms. The highest BCUT2D eigenvalue weighted by Crippen LogP contribution is 1.97. The predicted octanol–water partition coefficient (Wildman–Crippen LogP) is 1.08. The van der Waals surface area contributed by atoms with Gasteiger partial charge in [0, 0.05) is 25.7 Å². The molecular formula is C13H29N3O. The molecule has 1 amide bonds. The van der Waals surface area contributed by atoms with Gasteiger partial charge in [-0.25, -0.2) is 0 Å². The standard InChI is InChI=1S/C13H29N3O/c1-6-12(4)16(5)8-7-14-10-13(17)15-9-11(2)3/h11-12,14H,6-10H2,1-5H3,(H,15,17). The summed E-state index contributed by atoms with van der Waals surface area (Å²) >= 11 is 0. The highest BCUT2D eigenvalue weighted by molar-refractivity contribution is 5.77. The van der Waals surface area contributed by atoms with E-state index in [2.05, 4.69) is 50.3 Å². The first kappa shape index (κ1) is 16.4. The number of likely N-dealkylation sites (N-methyl/N-ethyl adjacent to an activating group) is 1. The highest BCUT2D eigenvalue weighted by atomic mass is 16.1. The van der Waals surface area contributed by atoms with Gasteiger partial charge in [0.15, 0.2) is 0 Å². The lowest BCUT2D eigenvalue weighted by Gasteiger charge is -2.23. The highest BCUT2D eigenvalue weighted by Gasteiger charge is 2.06. The van der Waals surface area contributed by atoms with Crippen LogP contribution >= 0.6 is 0 Å². The quantitative estimate of drug-likeness (QED) is 0.596. The van der Waals surface area contributed by atoms with Crippen LogP contribution < -0.4 is 10.6 Å². The number of rotatable bonds is 9. The molecule has 0 aromatic rings. The van der Waals surface area contributed by atoms with E-state index in [0.29, 0.717) is 18.5 Å². The van der Waals surface area contributed by atoms with Crippen LogP contribution in [0.25, 0.3) is 0 Å². The first-order valence-corrected chi connectivity index (χ1v) is 6.65. The maximum absolute atomic E-state index is 11.4. The molecule has 0 aromatic heterocycles. The Morgan fingerprint density at radius 1 is 1.29 bits per heavy atom. The summed E-state index contributed by atoms with van der Waals surface area (Å²) in [7, 11) is 2.12. The molecule has 0 fully saturated rings. The minimum absolute atomic E-state index is 0.0879. The Balaban J connectivity index is 3.47. The summed E-state index contributed by atoms with van der Waals surface area (Å²) in [5.41, 5.74) is 0. The summed E-state index contributed by atoms with van der Waals surface area (Å²) in [5, 5.41) is 6.05. The third-order valence-electron chi connectivity index (χ3n) is 2.98. The molecule has 0 radical (unpaired) electrons. The average Bonchev–Trinajstić information content (AvgIpc) is 2.30.